The third kappa shape index (κ3) is 5.53. The minimum absolute atomic E-state index is 0.305. The van der Waals surface area contributed by atoms with Crippen molar-refractivity contribution in [3.8, 4) is 21.8 Å². The molecule has 3 heterocycles. The summed E-state index contributed by atoms with van der Waals surface area (Å²) in [6.45, 7) is 7.87. The number of thiazole rings is 1. The fraction of sp³-hybridized carbons (Fsp3) is 0.440. The predicted molar refractivity (Wildman–Crippen MR) is 135 cm³/mol. The van der Waals surface area contributed by atoms with Crippen molar-refractivity contribution in [2.24, 2.45) is 0 Å². The number of carbonyl (C=O) groups is 1. The molecule has 1 saturated heterocycles. The Bertz CT molecular complexity index is 1210. The van der Waals surface area contributed by atoms with Crippen molar-refractivity contribution in [2.45, 2.75) is 45.3 Å². The lowest BCUT2D eigenvalue weighted by Gasteiger charge is -2.35. The largest absolute Gasteiger partial charge is 0.444 e. The van der Waals surface area contributed by atoms with Gasteiger partial charge in [-0.2, -0.15) is 0 Å². The number of nitrogens with one attached hydrogen (secondary N) is 1. The number of hydrogen-bond donors (Lipinski definition) is 1. The first-order chi connectivity index (χ1) is 16.8. The third-order valence-corrected chi connectivity index (χ3v) is 6.88. The molecule has 2 aliphatic rings. The third-order valence-electron chi connectivity index (χ3n) is 5.75. The number of piperazine rings is 1. The summed E-state index contributed by atoms with van der Waals surface area (Å²) in [6.07, 6.45) is 3.65. The second kappa shape index (κ2) is 9.41. The van der Waals surface area contributed by atoms with Crippen LogP contribution in [0.25, 0.3) is 21.8 Å². The molecule has 0 atom stereocenters. The average Bonchev–Trinajstić information content (AvgIpc) is 3.53. The summed E-state index contributed by atoms with van der Waals surface area (Å²) in [6, 6.07) is 8.92. The lowest BCUT2D eigenvalue weighted by atomic mass is 10.1. The van der Waals surface area contributed by atoms with Gasteiger partial charge in [0.05, 0.1) is 16.3 Å². The van der Waals surface area contributed by atoms with E-state index in [9.17, 15) is 9.18 Å². The number of amides is 1. The van der Waals surface area contributed by atoms with Crippen molar-refractivity contribution in [1.82, 2.24) is 19.9 Å². The van der Waals surface area contributed by atoms with E-state index in [-0.39, 0.29) is 11.9 Å². The smallest absolute Gasteiger partial charge is 0.410 e. The number of nitrogens with zero attached hydrogens (tertiary/aromatic N) is 5. The van der Waals surface area contributed by atoms with Crippen LogP contribution in [0.15, 0.2) is 36.5 Å². The standard InChI is InChI=1S/C25H29FN6O2S/c1-25(2,3)34-24(33)32-14-12-31(13-15-32)23-30-20(17-6-4-5-7-18(17)26)21(35-23)19-10-11-27-22(29-19)28-16-8-9-16/h4-7,10-11,16H,8-9,12-15H2,1-3H3,(H,27,28,29). The molecule has 1 aliphatic carbocycles. The van der Waals surface area contributed by atoms with E-state index in [1.165, 1.54) is 17.4 Å². The van der Waals surface area contributed by atoms with E-state index in [1.807, 2.05) is 26.8 Å². The van der Waals surface area contributed by atoms with Gasteiger partial charge in [0, 0.05) is 44.0 Å². The maximum Gasteiger partial charge on any atom is 0.410 e. The van der Waals surface area contributed by atoms with Crippen molar-refractivity contribution in [3.63, 3.8) is 0 Å². The molecule has 1 amide bonds. The first-order valence-corrected chi connectivity index (χ1v) is 12.7. The van der Waals surface area contributed by atoms with Crippen molar-refractivity contribution < 1.29 is 13.9 Å². The lowest BCUT2D eigenvalue weighted by molar-refractivity contribution is 0.0240. The van der Waals surface area contributed by atoms with Crippen molar-refractivity contribution in [1.29, 1.82) is 0 Å². The second-order valence-corrected chi connectivity index (χ2v) is 10.8. The monoisotopic (exact) mass is 496 g/mol. The van der Waals surface area contributed by atoms with Gasteiger partial charge in [-0.05, 0) is 51.8 Å². The lowest BCUT2D eigenvalue weighted by Crippen LogP contribution is -2.50. The fourth-order valence-electron chi connectivity index (χ4n) is 3.83. The zero-order valence-corrected chi connectivity index (χ0v) is 20.9. The first-order valence-electron chi connectivity index (χ1n) is 11.9. The summed E-state index contributed by atoms with van der Waals surface area (Å²) in [4.78, 5) is 31.0. The molecule has 1 aromatic carbocycles. The van der Waals surface area contributed by atoms with E-state index in [0.29, 0.717) is 55.1 Å². The van der Waals surface area contributed by atoms with Gasteiger partial charge in [-0.1, -0.05) is 23.5 Å². The van der Waals surface area contributed by atoms with Gasteiger partial charge in [-0.3, -0.25) is 0 Å². The van der Waals surface area contributed by atoms with Crippen molar-refractivity contribution >= 4 is 28.5 Å². The summed E-state index contributed by atoms with van der Waals surface area (Å²) >= 11 is 1.48. The number of rotatable bonds is 5. The Labute approximate surface area is 208 Å². The molecule has 2 aromatic heterocycles. The molecular formula is C25H29FN6O2S. The maximum atomic E-state index is 14.8. The van der Waals surface area contributed by atoms with Crippen LogP contribution in [0.5, 0.6) is 0 Å². The molecule has 35 heavy (non-hydrogen) atoms. The topological polar surface area (TPSA) is 83.5 Å². The first kappa shape index (κ1) is 23.5. The zero-order chi connectivity index (χ0) is 24.6. The molecule has 1 aliphatic heterocycles. The van der Waals surface area contributed by atoms with Crippen LogP contribution >= 0.6 is 11.3 Å². The van der Waals surface area contributed by atoms with Crippen molar-refractivity contribution in [2.75, 3.05) is 36.4 Å². The molecule has 8 nitrogen and oxygen atoms in total. The quantitative estimate of drug-likeness (QED) is 0.530. The molecule has 2 fully saturated rings. The van der Waals surface area contributed by atoms with E-state index < -0.39 is 5.60 Å². The Kier molecular flexibility index (Phi) is 6.31. The molecule has 1 N–H and O–H groups in total. The number of carbonyl (C=O) groups excluding carboxylic acids is 1. The molecule has 10 heteroatoms. The minimum Gasteiger partial charge on any atom is -0.444 e. The van der Waals surface area contributed by atoms with E-state index in [2.05, 4.69) is 15.2 Å². The average molecular weight is 497 g/mol. The molecular weight excluding hydrogens is 467 g/mol. The van der Waals surface area contributed by atoms with Crippen molar-refractivity contribution in [3.05, 3.63) is 42.3 Å². The molecule has 1 saturated carbocycles. The Morgan fingerprint density at radius 3 is 2.54 bits per heavy atom. The second-order valence-electron chi connectivity index (χ2n) is 9.79. The maximum absolute atomic E-state index is 14.8. The van der Waals surface area contributed by atoms with Gasteiger partial charge in [-0.25, -0.2) is 24.1 Å². The molecule has 184 valence electrons. The SMILES string of the molecule is CC(C)(C)OC(=O)N1CCN(c2nc(-c3ccccc3F)c(-c3ccnc(NC4CC4)n3)s2)CC1. The van der Waals surface area contributed by atoms with Gasteiger partial charge in [0.2, 0.25) is 5.95 Å². The predicted octanol–water partition coefficient (Wildman–Crippen LogP) is 5.04. The van der Waals surface area contributed by atoms with Gasteiger partial charge < -0.3 is 19.9 Å². The molecule has 0 bridgehead atoms. The van der Waals surface area contributed by atoms with E-state index >= 15 is 0 Å². The molecule has 3 aromatic rings. The Morgan fingerprint density at radius 2 is 1.86 bits per heavy atom. The van der Waals surface area contributed by atoms with Crippen LogP contribution in [0, 0.1) is 5.82 Å². The van der Waals surface area contributed by atoms with Crippen LogP contribution in [0.2, 0.25) is 0 Å². The summed E-state index contributed by atoms with van der Waals surface area (Å²) < 4.78 is 20.3. The van der Waals surface area contributed by atoms with Crippen LogP contribution in [-0.2, 0) is 4.74 Å². The van der Waals surface area contributed by atoms with E-state index in [1.54, 1.807) is 29.3 Å². The highest BCUT2D eigenvalue weighted by Crippen LogP contribution is 2.41. The molecule has 0 spiro atoms. The zero-order valence-electron chi connectivity index (χ0n) is 20.1. The van der Waals surface area contributed by atoms with E-state index in [0.717, 1.165) is 22.9 Å². The Morgan fingerprint density at radius 1 is 1.11 bits per heavy atom. The van der Waals surface area contributed by atoms with Crippen LogP contribution < -0.4 is 10.2 Å². The minimum atomic E-state index is -0.530. The van der Waals surface area contributed by atoms with Crippen LogP contribution in [0.4, 0.5) is 20.3 Å². The summed E-state index contributed by atoms with van der Waals surface area (Å²) in [5.74, 6) is 0.246. The Balaban J connectivity index is 1.42. The number of halogens is 1. The van der Waals surface area contributed by atoms with Gasteiger partial charge in [0.25, 0.3) is 0 Å². The summed E-state index contributed by atoms with van der Waals surface area (Å²) in [5, 5.41) is 4.10. The highest BCUT2D eigenvalue weighted by Gasteiger charge is 2.29. The number of benzene rings is 1. The number of anilines is 2. The number of aromatic nitrogens is 3. The van der Waals surface area contributed by atoms with Crippen LogP contribution in [-0.4, -0.2) is 63.8 Å². The van der Waals surface area contributed by atoms with Gasteiger partial charge in [0.1, 0.15) is 11.4 Å². The molecule has 0 radical (unpaired) electrons. The van der Waals surface area contributed by atoms with Crippen LogP contribution in [0.3, 0.4) is 0 Å². The highest BCUT2D eigenvalue weighted by atomic mass is 32.1. The Hall–Kier alpha value is -3.27. The van der Waals surface area contributed by atoms with E-state index in [4.69, 9.17) is 14.7 Å². The van der Waals surface area contributed by atoms with Gasteiger partial charge in [-0.15, -0.1) is 0 Å². The summed E-state index contributed by atoms with van der Waals surface area (Å²) in [7, 11) is 0. The highest BCUT2D eigenvalue weighted by molar-refractivity contribution is 7.19. The molecule has 0 unspecified atom stereocenters. The van der Waals surface area contributed by atoms with Gasteiger partial charge >= 0.3 is 6.09 Å². The van der Waals surface area contributed by atoms with Crippen LogP contribution in [0.1, 0.15) is 33.6 Å². The summed E-state index contributed by atoms with van der Waals surface area (Å²) in [5.41, 5.74) is 1.18. The fourth-order valence-corrected chi connectivity index (χ4v) is 4.93. The van der Waals surface area contributed by atoms with Gasteiger partial charge in [0.15, 0.2) is 5.13 Å². The molecule has 5 rings (SSSR count). The number of hydrogen-bond acceptors (Lipinski definition) is 8. The normalized spacial score (nSPS) is 16.3. The number of ether oxygens (including phenoxy) is 1.